The first-order valence-electron chi connectivity index (χ1n) is 9.54. The fourth-order valence-electron chi connectivity index (χ4n) is 3.73. The Morgan fingerprint density at radius 2 is 1.74 bits per heavy atom. The lowest BCUT2D eigenvalue weighted by atomic mass is 10.1. The Labute approximate surface area is 159 Å². The molecule has 2 aromatic rings. The molecule has 140 valence electrons. The van der Waals surface area contributed by atoms with Crippen LogP contribution < -0.4 is 9.80 Å². The molecule has 4 rings (SSSR count). The Kier molecular flexibility index (Phi) is 5.05. The molecule has 2 aliphatic heterocycles. The van der Waals surface area contributed by atoms with E-state index in [0.717, 1.165) is 56.2 Å². The zero-order chi connectivity index (χ0) is 18.6. The lowest BCUT2D eigenvalue weighted by Gasteiger charge is -2.35. The molecule has 2 aliphatic rings. The lowest BCUT2D eigenvalue weighted by molar-refractivity contribution is -0.130. The predicted molar refractivity (Wildman–Crippen MR) is 105 cm³/mol. The molecule has 6 heteroatoms. The van der Waals surface area contributed by atoms with Gasteiger partial charge in [-0.3, -0.25) is 9.59 Å². The van der Waals surface area contributed by atoms with E-state index in [4.69, 9.17) is 0 Å². The average Bonchev–Trinajstić information content (AvgIpc) is 3.15. The van der Waals surface area contributed by atoms with Crippen LogP contribution in [0.15, 0.2) is 48.7 Å². The highest BCUT2D eigenvalue weighted by Crippen LogP contribution is 2.22. The van der Waals surface area contributed by atoms with Gasteiger partial charge in [0.05, 0.1) is 6.42 Å². The quantitative estimate of drug-likeness (QED) is 0.834. The van der Waals surface area contributed by atoms with Gasteiger partial charge in [0.1, 0.15) is 5.82 Å². The Morgan fingerprint density at radius 1 is 0.963 bits per heavy atom. The first-order valence-corrected chi connectivity index (χ1v) is 9.54. The van der Waals surface area contributed by atoms with Crippen LogP contribution in [0.5, 0.6) is 0 Å². The highest BCUT2D eigenvalue weighted by Gasteiger charge is 2.23. The number of rotatable bonds is 4. The number of piperazine rings is 1. The summed E-state index contributed by atoms with van der Waals surface area (Å²) in [6, 6.07) is 13.7. The molecule has 27 heavy (non-hydrogen) atoms. The standard InChI is InChI=1S/C21H24N4O2/c26-20-5-3-11-25(20)18-8-6-17(7-9-18)16-21(27)24-14-12-23(13-15-24)19-4-1-2-10-22-19/h1-2,4,6-10H,3,5,11-16H2. The van der Waals surface area contributed by atoms with E-state index >= 15 is 0 Å². The largest absolute Gasteiger partial charge is 0.353 e. The molecule has 0 radical (unpaired) electrons. The summed E-state index contributed by atoms with van der Waals surface area (Å²) >= 11 is 0. The van der Waals surface area contributed by atoms with Crippen molar-refractivity contribution in [1.82, 2.24) is 9.88 Å². The zero-order valence-corrected chi connectivity index (χ0v) is 15.4. The van der Waals surface area contributed by atoms with Crippen LogP contribution in [0.1, 0.15) is 18.4 Å². The molecule has 0 bridgehead atoms. The van der Waals surface area contributed by atoms with E-state index in [1.165, 1.54) is 0 Å². The van der Waals surface area contributed by atoms with Crippen molar-refractivity contribution in [3.8, 4) is 0 Å². The number of aromatic nitrogens is 1. The van der Waals surface area contributed by atoms with Gasteiger partial charge in [-0.1, -0.05) is 18.2 Å². The number of benzene rings is 1. The highest BCUT2D eigenvalue weighted by molar-refractivity contribution is 5.95. The second-order valence-electron chi connectivity index (χ2n) is 7.05. The van der Waals surface area contributed by atoms with Crippen molar-refractivity contribution in [3.63, 3.8) is 0 Å². The summed E-state index contributed by atoms with van der Waals surface area (Å²) in [4.78, 5) is 34.8. The number of amides is 2. The summed E-state index contributed by atoms with van der Waals surface area (Å²) < 4.78 is 0. The van der Waals surface area contributed by atoms with Crippen LogP contribution in [0.25, 0.3) is 0 Å². The number of carbonyl (C=O) groups excluding carboxylic acids is 2. The van der Waals surface area contributed by atoms with Gasteiger partial charge in [0.15, 0.2) is 0 Å². The number of nitrogens with zero attached hydrogens (tertiary/aromatic N) is 4. The van der Waals surface area contributed by atoms with E-state index in [0.29, 0.717) is 12.8 Å². The van der Waals surface area contributed by atoms with Crippen molar-refractivity contribution in [1.29, 1.82) is 0 Å². The first kappa shape index (κ1) is 17.5. The minimum Gasteiger partial charge on any atom is -0.353 e. The van der Waals surface area contributed by atoms with Crippen LogP contribution in [0.3, 0.4) is 0 Å². The van der Waals surface area contributed by atoms with Crippen molar-refractivity contribution < 1.29 is 9.59 Å². The third kappa shape index (κ3) is 3.94. The van der Waals surface area contributed by atoms with Gasteiger partial charge in [-0.25, -0.2) is 4.98 Å². The second-order valence-corrected chi connectivity index (χ2v) is 7.05. The van der Waals surface area contributed by atoms with Crippen molar-refractivity contribution >= 4 is 23.3 Å². The Balaban J connectivity index is 1.31. The summed E-state index contributed by atoms with van der Waals surface area (Å²) in [6.07, 6.45) is 3.75. The summed E-state index contributed by atoms with van der Waals surface area (Å²) in [5.41, 5.74) is 1.92. The van der Waals surface area contributed by atoms with E-state index in [-0.39, 0.29) is 11.8 Å². The average molecular weight is 364 g/mol. The van der Waals surface area contributed by atoms with Crippen LogP contribution in [-0.2, 0) is 16.0 Å². The van der Waals surface area contributed by atoms with E-state index in [1.54, 1.807) is 6.20 Å². The molecule has 0 saturated carbocycles. The van der Waals surface area contributed by atoms with Gasteiger partial charge in [-0.05, 0) is 36.2 Å². The van der Waals surface area contributed by atoms with Gasteiger partial charge < -0.3 is 14.7 Å². The van der Waals surface area contributed by atoms with Crippen LogP contribution in [0.4, 0.5) is 11.5 Å². The summed E-state index contributed by atoms with van der Waals surface area (Å²) in [7, 11) is 0. The van der Waals surface area contributed by atoms with E-state index in [2.05, 4.69) is 9.88 Å². The van der Waals surface area contributed by atoms with Gasteiger partial charge in [0.2, 0.25) is 11.8 Å². The molecule has 1 aromatic heterocycles. The molecule has 2 fully saturated rings. The number of hydrogen-bond donors (Lipinski definition) is 0. The maximum absolute atomic E-state index is 12.6. The van der Waals surface area contributed by atoms with Gasteiger partial charge in [0, 0.05) is 51.0 Å². The maximum Gasteiger partial charge on any atom is 0.227 e. The molecule has 0 spiro atoms. The normalized spacial score (nSPS) is 17.5. The number of hydrogen-bond acceptors (Lipinski definition) is 4. The fraction of sp³-hybridized carbons (Fsp3) is 0.381. The molecule has 1 aromatic carbocycles. The van der Waals surface area contributed by atoms with Crippen LogP contribution >= 0.6 is 0 Å². The molecule has 0 atom stereocenters. The molecule has 0 N–H and O–H groups in total. The lowest BCUT2D eigenvalue weighted by Crippen LogP contribution is -2.49. The predicted octanol–water partition coefficient (Wildman–Crippen LogP) is 2.10. The zero-order valence-electron chi connectivity index (χ0n) is 15.4. The molecular weight excluding hydrogens is 340 g/mol. The number of pyridine rings is 1. The minimum atomic E-state index is 0.153. The Morgan fingerprint density at radius 3 is 2.37 bits per heavy atom. The SMILES string of the molecule is O=C(Cc1ccc(N2CCCC2=O)cc1)N1CCN(c2ccccn2)CC1. The Hall–Kier alpha value is -2.89. The molecule has 6 nitrogen and oxygen atoms in total. The van der Waals surface area contributed by atoms with Crippen molar-refractivity contribution in [2.45, 2.75) is 19.3 Å². The van der Waals surface area contributed by atoms with E-state index in [1.807, 2.05) is 52.3 Å². The smallest absolute Gasteiger partial charge is 0.227 e. The third-order valence-corrected chi connectivity index (χ3v) is 5.28. The van der Waals surface area contributed by atoms with Crippen LogP contribution in [-0.4, -0.2) is 54.4 Å². The molecule has 0 unspecified atom stereocenters. The Bertz CT molecular complexity index is 799. The molecule has 2 saturated heterocycles. The van der Waals surface area contributed by atoms with Gasteiger partial charge in [-0.15, -0.1) is 0 Å². The summed E-state index contributed by atoms with van der Waals surface area (Å²) in [5.74, 6) is 1.31. The van der Waals surface area contributed by atoms with Crippen molar-refractivity contribution in [2.75, 3.05) is 42.5 Å². The van der Waals surface area contributed by atoms with E-state index < -0.39 is 0 Å². The summed E-state index contributed by atoms with van der Waals surface area (Å²) in [6.45, 7) is 3.83. The monoisotopic (exact) mass is 364 g/mol. The minimum absolute atomic E-state index is 0.153. The van der Waals surface area contributed by atoms with E-state index in [9.17, 15) is 9.59 Å². The topological polar surface area (TPSA) is 56.8 Å². The molecule has 3 heterocycles. The molecule has 2 amide bonds. The summed E-state index contributed by atoms with van der Waals surface area (Å²) in [5, 5.41) is 0. The maximum atomic E-state index is 12.6. The molecule has 0 aliphatic carbocycles. The van der Waals surface area contributed by atoms with Gasteiger partial charge in [0.25, 0.3) is 0 Å². The number of anilines is 2. The first-order chi connectivity index (χ1) is 13.2. The highest BCUT2D eigenvalue weighted by atomic mass is 16.2. The molecular formula is C21H24N4O2. The second kappa shape index (κ2) is 7.78. The fourth-order valence-corrected chi connectivity index (χ4v) is 3.73. The van der Waals surface area contributed by atoms with Crippen LogP contribution in [0.2, 0.25) is 0 Å². The van der Waals surface area contributed by atoms with Crippen molar-refractivity contribution in [3.05, 3.63) is 54.2 Å². The van der Waals surface area contributed by atoms with Crippen molar-refractivity contribution in [2.24, 2.45) is 0 Å². The number of carbonyl (C=O) groups is 2. The van der Waals surface area contributed by atoms with Gasteiger partial charge >= 0.3 is 0 Å². The third-order valence-electron chi connectivity index (χ3n) is 5.28. The van der Waals surface area contributed by atoms with Gasteiger partial charge in [-0.2, -0.15) is 0 Å². The van der Waals surface area contributed by atoms with Crippen LogP contribution in [0, 0.1) is 0 Å².